The van der Waals surface area contributed by atoms with Gasteiger partial charge in [-0.3, -0.25) is 14.4 Å². The molecule has 0 bridgehead atoms. The number of ether oxygens (including phenoxy) is 2. The van der Waals surface area contributed by atoms with Crippen molar-refractivity contribution in [2.24, 2.45) is 0 Å². The molecule has 1 atom stereocenters. The molecule has 0 spiro atoms. The first-order valence-corrected chi connectivity index (χ1v) is 13.2. The molecule has 0 aromatic heterocycles. The van der Waals surface area contributed by atoms with E-state index in [-0.39, 0.29) is 43.2 Å². The lowest BCUT2D eigenvalue weighted by atomic mass is 10.2. The average molecular weight is 514 g/mol. The van der Waals surface area contributed by atoms with Crippen LogP contribution in [0, 0.1) is 0 Å². The molecule has 3 amide bonds. The van der Waals surface area contributed by atoms with Gasteiger partial charge < -0.3 is 24.2 Å². The number of amides is 3. The second-order valence-electron chi connectivity index (χ2n) is 8.50. The van der Waals surface area contributed by atoms with Crippen molar-refractivity contribution < 1.29 is 23.9 Å². The van der Waals surface area contributed by atoms with E-state index in [1.807, 2.05) is 68.4 Å². The molecule has 0 radical (unpaired) electrons. The number of thioether (sulfide) groups is 1. The van der Waals surface area contributed by atoms with Crippen LogP contribution in [0.1, 0.15) is 19.4 Å². The van der Waals surface area contributed by atoms with E-state index in [2.05, 4.69) is 0 Å². The minimum Gasteiger partial charge on any atom is -0.497 e. The molecule has 0 N–H and O–H groups in total. The van der Waals surface area contributed by atoms with Gasteiger partial charge in [-0.15, -0.1) is 11.8 Å². The van der Waals surface area contributed by atoms with Gasteiger partial charge in [0, 0.05) is 37.6 Å². The van der Waals surface area contributed by atoms with E-state index >= 15 is 0 Å². The molecule has 9 heteroatoms. The average Bonchev–Trinajstić information content (AvgIpc) is 3.06. The minimum absolute atomic E-state index is 0.0197. The molecular weight excluding hydrogens is 478 g/mol. The van der Waals surface area contributed by atoms with Crippen molar-refractivity contribution in [2.75, 3.05) is 52.2 Å². The summed E-state index contributed by atoms with van der Waals surface area (Å²) in [5.41, 5.74) is 0.946. The minimum atomic E-state index is -0.472. The zero-order chi connectivity index (χ0) is 25.9. The SMILES string of the molecule is CCN(CC)C(=O)CO[C@@H]1CN(C(=O)CSc2ccccc2)CC(=O)N(Cc2ccc(OC)cc2)C1. The fourth-order valence-electron chi connectivity index (χ4n) is 3.99. The normalized spacial score (nSPS) is 16.0. The van der Waals surface area contributed by atoms with Crippen LogP contribution < -0.4 is 4.74 Å². The highest BCUT2D eigenvalue weighted by molar-refractivity contribution is 8.00. The third-order valence-corrected chi connectivity index (χ3v) is 7.07. The van der Waals surface area contributed by atoms with Gasteiger partial charge >= 0.3 is 0 Å². The number of carbonyl (C=O) groups is 3. The van der Waals surface area contributed by atoms with Gasteiger partial charge in [0.2, 0.25) is 17.7 Å². The van der Waals surface area contributed by atoms with Crippen molar-refractivity contribution in [3.8, 4) is 5.75 Å². The smallest absolute Gasteiger partial charge is 0.248 e. The van der Waals surface area contributed by atoms with Crippen LogP contribution >= 0.6 is 11.8 Å². The molecule has 3 rings (SSSR count). The Morgan fingerprint density at radius 1 is 1.03 bits per heavy atom. The second kappa shape index (κ2) is 13.9. The van der Waals surface area contributed by atoms with Crippen molar-refractivity contribution in [3.05, 3.63) is 60.2 Å². The van der Waals surface area contributed by atoms with Crippen LogP contribution in [0.25, 0.3) is 0 Å². The van der Waals surface area contributed by atoms with Gasteiger partial charge in [0.05, 0.1) is 25.5 Å². The van der Waals surface area contributed by atoms with E-state index in [9.17, 15) is 14.4 Å². The fraction of sp³-hybridized carbons (Fsp3) is 0.444. The van der Waals surface area contributed by atoms with E-state index in [4.69, 9.17) is 9.47 Å². The molecule has 8 nitrogen and oxygen atoms in total. The lowest BCUT2D eigenvalue weighted by molar-refractivity contribution is -0.139. The number of carbonyl (C=O) groups excluding carboxylic acids is 3. The van der Waals surface area contributed by atoms with E-state index < -0.39 is 6.10 Å². The number of hydrogen-bond acceptors (Lipinski definition) is 6. The number of nitrogens with zero attached hydrogens (tertiary/aromatic N) is 3. The Morgan fingerprint density at radius 3 is 2.36 bits per heavy atom. The zero-order valence-electron chi connectivity index (χ0n) is 21.2. The van der Waals surface area contributed by atoms with Crippen molar-refractivity contribution in [1.29, 1.82) is 0 Å². The van der Waals surface area contributed by atoms with Gasteiger partial charge in [0.25, 0.3) is 0 Å². The molecule has 1 fully saturated rings. The van der Waals surface area contributed by atoms with E-state index in [1.165, 1.54) is 11.8 Å². The molecule has 1 aliphatic heterocycles. The summed E-state index contributed by atoms with van der Waals surface area (Å²) in [6.45, 7) is 5.88. The predicted octanol–water partition coefficient (Wildman–Crippen LogP) is 2.91. The van der Waals surface area contributed by atoms with Crippen molar-refractivity contribution in [3.63, 3.8) is 0 Å². The Labute approximate surface area is 217 Å². The fourth-order valence-corrected chi connectivity index (χ4v) is 4.81. The predicted molar refractivity (Wildman–Crippen MR) is 140 cm³/mol. The number of rotatable bonds is 11. The number of likely N-dealkylation sites (N-methyl/N-ethyl adjacent to an activating group) is 1. The van der Waals surface area contributed by atoms with E-state index in [0.717, 1.165) is 16.2 Å². The molecule has 1 saturated heterocycles. The summed E-state index contributed by atoms with van der Waals surface area (Å²) in [6.07, 6.45) is -0.472. The van der Waals surface area contributed by atoms with Crippen LogP contribution in [0.4, 0.5) is 0 Å². The zero-order valence-corrected chi connectivity index (χ0v) is 22.0. The molecule has 1 heterocycles. The van der Waals surface area contributed by atoms with Crippen LogP contribution in [0.3, 0.4) is 0 Å². The first-order valence-electron chi connectivity index (χ1n) is 12.2. The van der Waals surface area contributed by atoms with Crippen LogP contribution in [0.15, 0.2) is 59.5 Å². The first-order chi connectivity index (χ1) is 17.4. The maximum atomic E-state index is 13.2. The van der Waals surface area contributed by atoms with E-state index in [1.54, 1.807) is 21.8 Å². The highest BCUT2D eigenvalue weighted by Crippen LogP contribution is 2.20. The monoisotopic (exact) mass is 513 g/mol. The molecule has 1 aliphatic rings. The summed E-state index contributed by atoms with van der Waals surface area (Å²) in [5.74, 6) is 0.581. The highest BCUT2D eigenvalue weighted by atomic mass is 32.2. The summed E-state index contributed by atoms with van der Waals surface area (Å²) < 4.78 is 11.2. The standard InChI is InChI=1S/C27H35N3O5S/c1-4-28(5-2)26(32)19-35-23-16-29(15-21-11-13-22(34-3)14-12-21)25(31)18-30(17-23)27(33)20-36-24-9-7-6-8-10-24/h6-14,23H,4-5,15-20H2,1-3H3/t23-/m0/s1. The topological polar surface area (TPSA) is 79.4 Å². The van der Waals surface area contributed by atoms with Crippen LogP contribution in [0.2, 0.25) is 0 Å². The lowest BCUT2D eigenvalue weighted by Gasteiger charge is -2.26. The summed E-state index contributed by atoms with van der Waals surface area (Å²) in [7, 11) is 1.61. The van der Waals surface area contributed by atoms with E-state index in [0.29, 0.717) is 26.2 Å². The molecule has 36 heavy (non-hydrogen) atoms. The molecule has 194 valence electrons. The quantitative estimate of drug-likeness (QED) is 0.430. The summed E-state index contributed by atoms with van der Waals surface area (Å²) in [4.78, 5) is 44.7. The van der Waals surface area contributed by atoms with Crippen LogP contribution in [-0.2, 0) is 25.7 Å². The summed E-state index contributed by atoms with van der Waals surface area (Å²) >= 11 is 1.44. The molecule has 2 aromatic carbocycles. The summed E-state index contributed by atoms with van der Waals surface area (Å²) in [6, 6.07) is 17.2. The van der Waals surface area contributed by atoms with Gasteiger partial charge in [0.1, 0.15) is 12.4 Å². The van der Waals surface area contributed by atoms with Crippen molar-refractivity contribution in [1.82, 2.24) is 14.7 Å². The Balaban J connectivity index is 1.71. The molecule has 0 aliphatic carbocycles. The molecular formula is C27H35N3O5S. The maximum absolute atomic E-state index is 13.2. The van der Waals surface area contributed by atoms with Gasteiger partial charge in [-0.1, -0.05) is 30.3 Å². The Morgan fingerprint density at radius 2 is 1.72 bits per heavy atom. The van der Waals surface area contributed by atoms with Crippen LogP contribution in [-0.4, -0.2) is 90.7 Å². The molecule has 0 saturated carbocycles. The Kier molecular flexibility index (Phi) is 10.6. The largest absolute Gasteiger partial charge is 0.497 e. The lowest BCUT2D eigenvalue weighted by Crippen LogP contribution is -2.42. The second-order valence-corrected chi connectivity index (χ2v) is 9.55. The molecule has 2 aromatic rings. The van der Waals surface area contributed by atoms with Gasteiger partial charge in [-0.25, -0.2) is 0 Å². The van der Waals surface area contributed by atoms with Crippen LogP contribution in [0.5, 0.6) is 5.75 Å². The van der Waals surface area contributed by atoms with Gasteiger partial charge in [-0.05, 0) is 43.7 Å². The number of hydrogen-bond donors (Lipinski definition) is 0. The first kappa shape index (κ1) is 27.5. The number of benzene rings is 2. The van der Waals surface area contributed by atoms with Crippen molar-refractivity contribution >= 4 is 29.5 Å². The van der Waals surface area contributed by atoms with Gasteiger partial charge in [0.15, 0.2) is 0 Å². The Hall–Kier alpha value is -3.04. The summed E-state index contributed by atoms with van der Waals surface area (Å²) in [5, 5.41) is 0. The third kappa shape index (κ3) is 7.99. The number of methoxy groups -OCH3 is 1. The van der Waals surface area contributed by atoms with Crippen molar-refractivity contribution in [2.45, 2.75) is 31.4 Å². The Bertz CT molecular complexity index is 998. The van der Waals surface area contributed by atoms with Gasteiger partial charge in [-0.2, -0.15) is 0 Å². The highest BCUT2D eigenvalue weighted by Gasteiger charge is 2.31. The third-order valence-electron chi connectivity index (χ3n) is 6.08. The maximum Gasteiger partial charge on any atom is 0.248 e. The molecule has 0 unspecified atom stereocenters.